The Bertz CT molecular complexity index is 979. The Morgan fingerprint density at radius 2 is 1.90 bits per heavy atom. The maximum absolute atomic E-state index is 13.7. The van der Waals surface area contributed by atoms with E-state index in [-0.39, 0.29) is 24.5 Å². The predicted molar refractivity (Wildman–Crippen MR) is 123 cm³/mol. The normalized spacial score (nSPS) is 10.8. The molecule has 0 aliphatic carbocycles. The Balaban J connectivity index is 2.21. The summed E-state index contributed by atoms with van der Waals surface area (Å²) in [5.74, 6) is -1.28. The van der Waals surface area contributed by atoms with Gasteiger partial charge in [0.1, 0.15) is 23.2 Å². The smallest absolute Gasteiger partial charge is 0.344 e. The number of anilines is 1. The van der Waals surface area contributed by atoms with Crippen molar-refractivity contribution in [3.8, 4) is 11.8 Å². The quantitative estimate of drug-likeness (QED) is 0.213. The van der Waals surface area contributed by atoms with Crippen LogP contribution in [0.2, 0.25) is 0 Å². The van der Waals surface area contributed by atoms with Gasteiger partial charge in [-0.05, 0) is 88.0 Å². The van der Waals surface area contributed by atoms with E-state index in [0.717, 1.165) is 0 Å². The summed E-state index contributed by atoms with van der Waals surface area (Å²) in [6.07, 6.45) is 1.40. The first-order valence-corrected chi connectivity index (χ1v) is 10.5. The third-order valence-electron chi connectivity index (χ3n) is 3.46. The van der Waals surface area contributed by atoms with Crippen LogP contribution in [0.25, 0.3) is 6.08 Å². The van der Waals surface area contributed by atoms with Crippen LogP contribution in [-0.4, -0.2) is 25.1 Å². The molecular formula is C20H15FI2N2O4. The highest BCUT2D eigenvalue weighted by Gasteiger charge is 2.14. The maximum Gasteiger partial charge on any atom is 0.344 e. The van der Waals surface area contributed by atoms with Gasteiger partial charge >= 0.3 is 5.97 Å². The number of carbonyl (C=O) groups is 2. The summed E-state index contributed by atoms with van der Waals surface area (Å²) in [7, 11) is 0. The highest BCUT2D eigenvalue weighted by molar-refractivity contribution is 14.1. The number of para-hydroxylation sites is 1. The van der Waals surface area contributed by atoms with Crippen molar-refractivity contribution in [1.82, 2.24) is 0 Å². The average molecular weight is 620 g/mol. The van der Waals surface area contributed by atoms with Crippen molar-refractivity contribution >= 4 is 68.8 Å². The molecule has 0 spiro atoms. The lowest BCUT2D eigenvalue weighted by molar-refractivity contribution is -0.145. The third-order valence-corrected chi connectivity index (χ3v) is 5.06. The molecule has 0 atom stereocenters. The number of rotatable bonds is 7. The number of hydrogen-bond acceptors (Lipinski definition) is 5. The zero-order valence-corrected chi connectivity index (χ0v) is 19.5. The molecule has 0 aliphatic heterocycles. The van der Waals surface area contributed by atoms with Crippen molar-refractivity contribution in [2.45, 2.75) is 6.92 Å². The molecule has 2 rings (SSSR count). The van der Waals surface area contributed by atoms with Crippen LogP contribution in [0.15, 0.2) is 42.0 Å². The Hall–Kier alpha value is -2.20. The SMILES string of the molecule is CCOC(=O)COc1c(I)cc(/C=C(/C#N)C(=O)Nc2ccccc2F)cc1I. The number of carbonyl (C=O) groups excluding carboxylic acids is 2. The van der Waals surface area contributed by atoms with E-state index in [4.69, 9.17) is 9.47 Å². The molecule has 0 saturated heterocycles. The van der Waals surface area contributed by atoms with Gasteiger partial charge in [-0.3, -0.25) is 4.79 Å². The second kappa shape index (κ2) is 11.1. The van der Waals surface area contributed by atoms with Gasteiger partial charge in [0.05, 0.1) is 19.4 Å². The molecule has 0 heterocycles. The molecule has 2 aromatic rings. The van der Waals surface area contributed by atoms with Gasteiger partial charge in [-0.2, -0.15) is 5.26 Å². The number of nitrogens with one attached hydrogen (secondary N) is 1. The standard InChI is InChI=1S/C20H15FI2N2O4/c1-2-28-18(26)11-29-19-15(22)8-12(9-16(19)23)7-13(10-24)20(27)25-17-6-4-3-5-14(17)21/h3-9H,2,11H2,1H3,(H,25,27)/b13-7-. The molecule has 0 bridgehead atoms. The highest BCUT2D eigenvalue weighted by Crippen LogP contribution is 2.30. The number of nitrogens with zero attached hydrogens (tertiary/aromatic N) is 1. The van der Waals surface area contributed by atoms with Gasteiger partial charge in [-0.25, -0.2) is 9.18 Å². The van der Waals surface area contributed by atoms with Crippen LogP contribution in [0, 0.1) is 24.3 Å². The van der Waals surface area contributed by atoms with E-state index >= 15 is 0 Å². The molecule has 6 nitrogen and oxygen atoms in total. The number of benzene rings is 2. The van der Waals surface area contributed by atoms with Gasteiger partial charge in [0.15, 0.2) is 6.61 Å². The molecule has 0 saturated carbocycles. The fourth-order valence-electron chi connectivity index (χ4n) is 2.20. The molecule has 9 heteroatoms. The van der Waals surface area contributed by atoms with Crippen molar-refractivity contribution in [3.05, 3.63) is 60.5 Å². The molecule has 1 N–H and O–H groups in total. The molecular weight excluding hydrogens is 605 g/mol. The van der Waals surface area contributed by atoms with E-state index in [9.17, 15) is 19.2 Å². The molecule has 1 amide bonds. The van der Waals surface area contributed by atoms with Gasteiger partial charge in [0.25, 0.3) is 5.91 Å². The van der Waals surface area contributed by atoms with Crippen molar-refractivity contribution < 1.29 is 23.5 Å². The monoisotopic (exact) mass is 620 g/mol. The molecule has 0 radical (unpaired) electrons. The number of amides is 1. The van der Waals surface area contributed by atoms with E-state index < -0.39 is 17.7 Å². The van der Waals surface area contributed by atoms with Gasteiger partial charge in [0.2, 0.25) is 0 Å². The molecule has 0 aromatic heterocycles. The van der Waals surface area contributed by atoms with E-state index in [0.29, 0.717) is 18.5 Å². The third kappa shape index (κ3) is 6.67. The predicted octanol–water partition coefficient (Wildman–Crippen LogP) is 4.52. The Kier molecular flexibility index (Phi) is 8.84. The molecule has 150 valence electrons. The fourth-order valence-corrected chi connectivity index (χ4v) is 4.33. The molecule has 0 aliphatic rings. The van der Waals surface area contributed by atoms with Crippen molar-refractivity contribution in [2.75, 3.05) is 18.5 Å². The Morgan fingerprint density at radius 1 is 1.24 bits per heavy atom. The lowest BCUT2D eigenvalue weighted by Crippen LogP contribution is -2.15. The minimum absolute atomic E-state index is 0.00877. The average Bonchev–Trinajstić information content (AvgIpc) is 2.67. The minimum Gasteiger partial charge on any atom is -0.480 e. The summed E-state index contributed by atoms with van der Waals surface area (Å²) in [6.45, 7) is 1.76. The number of esters is 1. The van der Waals surface area contributed by atoms with Gasteiger partial charge < -0.3 is 14.8 Å². The van der Waals surface area contributed by atoms with Gasteiger partial charge in [-0.1, -0.05) is 12.1 Å². The lowest BCUT2D eigenvalue weighted by atomic mass is 10.1. The molecule has 0 unspecified atom stereocenters. The molecule has 0 fully saturated rings. The van der Waals surface area contributed by atoms with Crippen molar-refractivity contribution in [3.63, 3.8) is 0 Å². The first-order chi connectivity index (χ1) is 13.8. The summed E-state index contributed by atoms with van der Waals surface area (Å²) < 4.78 is 25.4. The lowest BCUT2D eigenvalue weighted by Gasteiger charge is -2.11. The maximum atomic E-state index is 13.7. The van der Waals surface area contributed by atoms with E-state index in [1.54, 1.807) is 25.1 Å². The summed E-state index contributed by atoms with van der Waals surface area (Å²) in [6, 6.07) is 10.9. The first kappa shape index (κ1) is 23.1. The molecule has 29 heavy (non-hydrogen) atoms. The van der Waals surface area contributed by atoms with E-state index in [1.165, 1.54) is 24.3 Å². The summed E-state index contributed by atoms with van der Waals surface area (Å²) in [5, 5.41) is 11.7. The largest absolute Gasteiger partial charge is 0.480 e. The fraction of sp³-hybridized carbons (Fsp3) is 0.150. The Labute approximate surface area is 194 Å². The first-order valence-electron chi connectivity index (χ1n) is 8.30. The van der Waals surface area contributed by atoms with Crippen LogP contribution >= 0.6 is 45.2 Å². The van der Waals surface area contributed by atoms with Crippen LogP contribution < -0.4 is 10.1 Å². The summed E-state index contributed by atoms with van der Waals surface area (Å²) >= 11 is 4.07. The summed E-state index contributed by atoms with van der Waals surface area (Å²) in [5.41, 5.74) is 0.396. The van der Waals surface area contributed by atoms with Crippen LogP contribution in [-0.2, 0) is 14.3 Å². The van der Waals surface area contributed by atoms with E-state index in [1.807, 2.05) is 51.3 Å². The van der Waals surface area contributed by atoms with Crippen LogP contribution in [0.5, 0.6) is 5.75 Å². The van der Waals surface area contributed by atoms with Gasteiger partial charge in [0, 0.05) is 0 Å². The number of hydrogen-bond donors (Lipinski definition) is 1. The van der Waals surface area contributed by atoms with Crippen LogP contribution in [0.1, 0.15) is 12.5 Å². The van der Waals surface area contributed by atoms with Crippen molar-refractivity contribution in [1.29, 1.82) is 5.26 Å². The number of ether oxygens (including phenoxy) is 2. The van der Waals surface area contributed by atoms with Gasteiger partial charge in [-0.15, -0.1) is 0 Å². The second-order valence-corrected chi connectivity index (χ2v) is 7.84. The highest BCUT2D eigenvalue weighted by atomic mass is 127. The van der Waals surface area contributed by atoms with Crippen molar-refractivity contribution in [2.24, 2.45) is 0 Å². The van der Waals surface area contributed by atoms with E-state index in [2.05, 4.69) is 5.32 Å². The Morgan fingerprint density at radius 3 is 2.48 bits per heavy atom. The minimum atomic E-state index is -0.717. The zero-order valence-electron chi connectivity index (χ0n) is 15.2. The van der Waals surface area contributed by atoms with Crippen LogP contribution in [0.3, 0.4) is 0 Å². The topological polar surface area (TPSA) is 88.4 Å². The number of halogens is 3. The number of nitriles is 1. The van der Waals surface area contributed by atoms with Crippen LogP contribution in [0.4, 0.5) is 10.1 Å². The zero-order chi connectivity index (χ0) is 21.4. The molecule has 2 aromatic carbocycles. The second-order valence-electron chi connectivity index (χ2n) is 5.51. The summed E-state index contributed by atoms with van der Waals surface area (Å²) in [4.78, 5) is 23.8.